The van der Waals surface area contributed by atoms with E-state index >= 15 is 0 Å². The molecule has 108 valence electrons. The molecule has 8 heteroatoms. The van der Waals surface area contributed by atoms with Crippen LogP contribution in [0.5, 0.6) is 0 Å². The Morgan fingerprint density at radius 1 is 1.45 bits per heavy atom. The number of nitro benzene ring substituents is 1. The molecular weight excluding hydrogens is 267 g/mol. The molecule has 20 heavy (non-hydrogen) atoms. The van der Waals surface area contributed by atoms with E-state index in [1.54, 1.807) is 0 Å². The molecular formula is C12H15FN4O3. The number of nitrogens with one attached hydrogen (secondary N) is 2. The molecule has 0 saturated carbocycles. The number of anilines is 1. The lowest BCUT2D eigenvalue weighted by Crippen LogP contribution is -2.46. The number of amides is 1. The Labute approximate surface area is 114 Å². The van der Waals surface area contributed by atoms with Crippen LogP contribution in [0.3, 0.4) is 0 Å². The van der Waals surface area contributed by atoms with Crippen molar-refractivity contribution in [1.29, 1.82) is 0 Å². The van der Waals surface area contributed by atoms with Crippen LogP contribution in [-0.4, -0.2) is 48.5 Å². The highest BCUT2D eigenvalue weighted by Gasteiger charge is 2.19. The van der Waals surface area contributed by atoms with Crippen LogP contribution in [0.15, 0.2) is 18.2 Å². The Balaban J connectivity index is 2.01. The average molecular weight is 282 g/mol. The first-order valence-corrected chi connectivity index (χ1v) is 6.23. The number of nitro groups is 1. The third-order valence-electron chi connectivity index (χ3n) is 3.01. The van der Waals surface area contributed by atoms with Gasteiger partial charge in [0.05, 0.1) is 17.5 Å². The zero-order valence-corrected chi connectivity index (χ0v) is 10.8. The summed E-state index contributed by atoms with van der Waals surface area (Å²) in [4.78, 5) is 23.9. The summed E-state index contributed by atoms with van der Waals surface area (Å²) in [6.45, 7) is 3.28. The monoisotopic (exact) mass is 282 g/mol. The van der Waals surface area contributed by atoms with Gasteiger partial charge in [0.1, 0.15) is 11.5 Å². The molecule has 1 aliphatic heterocycles. The smallest absolute Gasteiger partial charge is 0.295 e. The SMILES string of the molecule is O=C(CN1CCNCC1)Nc1ccc(F)cc1[N+](=O)[O-]. The lowest BCUT2D eigenvalue weighted by molar-refractivity contribution is -0.384. The normalized spacial score (nSPS) is 15.8. The van der Waals surface area contributed by atoms with Crippen molar-refractivity contribution in [2.45, 2.75) is 0 Å². The quantitative estimate of drug-likeness (QED) is 0.623. The molecule has 1 aliphatic rings. The summed E-state index contributed by atoms with van der Waals surface area (Å²) < 4.78 is 13.0. The van der Waals surface area contributed by atoms with E-state index in [1.165, 1.54) is 6.07 Å². The van der Waals surface area contributed by atoms with E-state index in [0.29, 0.717) is 0 Å². The molecule has 0 aliphatic carbocycles. The molecule has 0 bridgehead atoms. The van der Waals surface area contributed by atoms with Gasteiger partial charge >= 0.3 is 0 Å². The van der Waals surface area contributed by atoms with E-state index in [0.717, 1.165) is 38.3 Å². The molecule has 1 amide bonds. The summed E-state index contributed by atoms with van der Waals surface area (Å²) in [5.41, 5.74) is -0.435. The molecule has 1 saturated heterocycles. The molecule has 0 unspecified atom stereocenters. The molecule has 2 rings (SSSR count). The van der Waals surface area contributed by atoms with Crippen LogP contribution < -0.4 is 10.6 Å². The van der Waals surface area contributed by atoms with Crippen LogP contribution in [0.2, 0.25) is 0 Å². The van der Waals surface area contributed by atoms with E-state index < -0.39 is 16.4 Å². The van der Waals surface area contributed by atoms with E-state index in [4.69, 9.17) is 0 Å². The zero-order chi connectivity index (χ0) is 14.5. The minimum Gasteiger partial charge on any atom is -0.319 e. The summed E-state index contributed by atoms with van der Waals surface area (Å²) >= 11 is 0. The molecule has 0 radical (unpaired) electrons. The Hall–Kier alpha value is -2.06. The predicted octanol–water partition coefficient (Wildman–Crippen LogP) is 0.578. The van der Waals surface area contributed by atoms with Crippen LogP contribution >= 0.6 is 0 Å². The van der Waals surface area contributed by atoms with Gasteiger partial charge in [0.15, 0.2) is 0 Å². The first-order chi connectivity index (χ1) is 9.56. The standard InChI is InChI=1S/C12H15FN4O3/c13-9-1-2-10(11(7-9)17(19)20)15-12(18)8-16-5-3-14-4-6-16/h1-2,7,14H,3-6,8H2,(H,15,18). The molecule has 1 heterocycles. The minimum absolute atomic E-state index is 0.0107. The molecule has 2 N–H and O–H groups in total. The number of benzene rings is 1. The molecule has 1 aromatic carbocycles. The Morgan fingerprint density at radius 3 is 2.80 bits per heavy atom. The van der Waals surface area contributed by atoms with Gasteiger partial charge in [-0.15, -0.1) is 0 Å². The molecule has 7 nitrogen and oxygen atoms in total. The summed E-state index contributed by atoms with van der Waals surface area (Å²) in [7, 11) is 0. The molecule has 1 aromatic rings. The predicted molar refractivity (Wildman–Crippen MR) is 71.0 cm³/mol. The molecule has 0 spiro atoms. The fourth-order valence-corrected chi connectivity index (χ4v) is 2.02. The van der Waals surface area contributed by atoms with Gasteiger partial charge < -0.3 is 10.6 Å². The van der Waals surface area contributed by atoms with E-state index in [-0.39, 0.29) is 18.1 Å². The highest BCUT2D eigenvalue weighted by molar-refractivity contribution is 5.94. The second-order valence-corrected chi connectivity index (χ2v) is 4.49. The topological polar surface area (TPSA) is 87.5 Å². The third kappa shape index (κ3) is 3.72. The minimum atomic E-state index is -0.719. The van der Waals surface area contributed by atoms with Crippen LogP contribution in [-0.2, 0) is 4.79 Å². The van der Waals surface area contributed by atoms with Crippen molar-refractivity contribution in [3.63, 3.8) is 0 Å². The maximum atomic E-state index is 13.0. The van der Waals surface area contributed by atoms with Crippen LogP contribution in [0, 0.1) is 15.9 Å². The van der Waals surface area contributed by atoms with Crippen molar-refractivity contribution < 1.29 is 14.1 Å². The van der Waals surface area contributed by atoms with Gasteiger partial charge in [-0.2, -0.15) is 0 Å². The Morgan fingerprint density at radius 2 is 2.15 bits per heavy atom. The van der Waals surface area contributed by atoms with Crippen LogP contribution in [0.1, 0.15) is 0 Å². The van der Waals surface area contributed by atoms with Crippen molar-refractivity contribution in [3.05, 3.63) is 34.1 Å². The maximum Gasteiger partial charge on any atom is 0.295 e. The van der Waals surface area contributed by atoms with Crippen molar-refractivity contribution in [2.75, 3.05) is 38.0 Å². The van der Waals surface area contributed by atoms with Gasteiger partial charge in [-0.1, -0.05) is 0 Å². The lowest BCUT2D eigenvalue weighted by atomic mass is 10.2. The lowest BCUT2D eigenvalue weighted by Gasteiger charge is -2.26. The summed E-state index contributed by atoms with van der Waals surface area (Å²) in [6.07, 6.45) is 0. The van der Waals surface area contributed by atoms with E-state index in [9.17, 15) is 19.3 Å². The van der Waals surface area contributed by atoms with Crippen LogP contribution in [0.25, 0.3) is 0 Å². The fourth-order valence-electron chi connectivity index (χ4n) is 2.02. The number of piperazine rings is 1. The number of halogens is 1. The number of hydrogen-bond donors (Lipinski definition) is 2. The molecule has 0 aromatic heterocycles. The molecule has 0 atom stereocenters. The third-order valence-corrected chi connectivity index (χ3v) is 3.01. The maximum absolute atomic E-state index is 13.0. The first kappa shape index (κ1) is 14.4. The number of hydrogen-bond acceptors (Lipinski definition) is 5. The second-order valence-electron chi connectivity index (χ2n) is 4.49. The summed E-state index contributed by atoms with van der Waals surface area (Å²) in [5, 5.41) is 16.4. The summed E-state index contributed by atoms with van der Waals surface area (Å²) in [5.74, 6) is -1.06. The Bertz CT molecular complexity index is 517. The zero-order valence-electron chi connectivity index (χ0n) is 10.8. The van der Waals surface area contributed by atoms with Gasteiger partial charge in [0, 0.05) is 26.2 Å². The highest BCUT2D eigenvalue weighted by Crippen LogP contribution is 2.24. The van der Waals surface area contributed by atoms with Gasteiger partial charge in [0.2, 0.25) is 5.91 Å². The molecule has 1 fully saturated rings. The number of carbonyl (C=O) groups is 1. The van der Waals surface area contributed by atoms with Gasteiger partial charge in [-0.3, -0.25) is 19.8 Å². The second kappa shape index (κ2) is 6.40. The number of carbonyl (C=O) groups excluding carboxylic acids is 1. The van der Waals surface area contributed by atoms with Gasteiger partial charge in [0.25, 0.3) is 5.69 Å². The van der Waals surface area contributed by atoms with Crippen LogP contribution in [0.4, 0.5) is 15.8 Å². The van der Waals surface area contributed by atoms with Crippen molar-refractivity contribution in [1.82, 2.24) is 10.2 Å². The first-order valence-electron chi connectivity index (χ1n) is 6.23. The van der Waals surface area contributed by atoms with Crippen molar-refractivity contribution in [3.8, 4) is 0 Å². The van der Waals surface area contributed by atoms with E-state index in [2.05, 4.69) is 10.6 Å². The van der Waals surface area contributed by atoms with Gasteiger partial charge in [-0.05, 0) is 12.1 Å². The Kier molecular flexibility index (Phi) is 4.59. The van der Waals surface area contributed by atoms with E-state index in [1.807, 2.05) is 4.90 Å². The fraction of sp³-hybridized carbons (Fsp3) is 0.417. The largest absolute Gasteiger partial charge is 0.319 e. The van der Waals surface area contributed by atoms with Gasteiger partial charge in [-0.25, -0.2) is 4.39 Å². The average Bonchev–Trinajstić information content (AvgIpc) is 2.41. The number of nitrogens with zero attached hydrogens (tertiary/aromatic N) is 2. The van der Waals surface area contributed by atoms with Crippen molar-refractivity contribution >= 4 is 17.3 Å². The highest BCUT2D eigenvalue weighted by atomic mass is 19.1. The summed E-state index contributed by atoms with van der Waals surface area (Å²) in [6, 6.07) is 3.07. The number of rotatable bonds is 4. The van der Waals surface area contributed by atoms with Crippen molar-refractivity contribution in [2.24, 2.45) is 0 Å².